The van der Waals surface area contributed by atoms with Crippen molar-refractivity contribution < 1.29 is 9.66 Å². The maximum absolute atomic E-state index is 10.5. The van der Waals surface area contributed by atoms with E-state index in [0.717, 1.165) is 0 Å². The number of nitrogens with zero attached hydrogens (tertiary/aromatic N) is 1. The van der Waals surface area contributed by atoms with Gasteiger partial charge >= 0.3 is 0 Å². The van der Waals surface area contributed by atoms with E-state index in [1.807, 2.05) is 6.92 Å². The predicted molar refractivity (Wildman–Crippen MR) is 56.8 cm³/mol. The highest BCUT2D eigenvalue weighted by Crippen LogP contribution is 2.19. The van der Waals surface area contributed by atoms with Crippen molar-refractivity contribution in [1.29, 1.82) is 0 Å². The van der Waals surface area contributed by atoms with Gasteiger partial charge in [-0.15, -0.1) is 0 Å². The standard InChI is InChI=1S/C10H14N2O3/c1-8(6-11)7-15-10-4-2-3-9(5-10)12(13)14/h2-5,8H,6-7,11H2,1H3. The highest BCUT2D eigenvalue weighted by atomic mass is 16.6. The number of hydrogen-bond donors (Lipinski definition) is 1. The number of nitro groups is 1. The molecule has 1 aromatic rings. The zero-order valence-electron chi connectivity index (χ0n) is 8.55. The molecule has 0 aliphatic heterocycles. The van der Waals surface area contributed by atoms with E-state index in [9.17, 15) is 10.1 Å². The molecule has 1 atom stereocenters. The molecule has 2 N–H and O–H groups in total. The van der Waals surface area contributed by atoms with Gasteiger partial charge in [-0.3, -0.25) is 10.1 Å². The Balaban J connectivity index is 2.62. The lowest BCUT2D eigenvalue weighted by Gasteiger charge is -2.10. The van der Waals surface area contributed by atoms with Crippen molar-refractivity contribution in [2.45, 2.75) is 6.92 Å². The Morgan fingerprint density at radius 1 is 1.60 bits per heavy atom. The third kappa shape index (κ3) is 3.55. The van der Waals surface area contributed by atoms with Crippen LogP contribution in [0.3, 0.4) is 0 Å². The average Bonchev–Trinajstić information content (AvgIpc) is 2.26. The summed E-state index contributed by atoms with van der Waals surface area (Å²) in [6, 6.07) is 6.12. The molecule has 0 bridgehead atoms. The van der Waals surface area contributed by atoms with E-state index < -0.39 is 4.92 Å². The van der Waals surface area contributed by atoms with Crippen molar-refractivity contribution in [2.24, 2.45) is 11.7 Å². The lowest BCUT2D eigenvalue weighted by atomic mass is 10.2. The molecule has 0 heterocycles. The van der Waals surface area contributed by atoms with Crippen LogP contribution in [-0.4, -0.2) is 18.1 Å². The van der Waals surface area contributed by atoms with Gasteiger partial charge in [0.25, 0.3) is 5.69 Å². The molecule has 0 saturated carbocycles. The van der Waals surface area contributed by atoms with Crippen molar-refractivity contribution in [3.05, 3.63) is 34.4 Å². The molecule has 0 amide bonds. The molecule has 0 spiro atoms. The fraction of sp³-hybridized carbons (Fsp3) is 0.400. The van der Waals surface area contributed by atoms with Gasteiger partial charge in [-0.25, -0.2) is 0 Å². The summed E-state index contributed by atoms with van der Waals surface area (Å²) in [5, 5.41) is 10.5. The molecular formula is C10H14N2O3. The van der Waals surface area contributed by atoms with Crippen LogP contribution in [0.5, 0.6) is 5.75 Å². The third-order valence-corrected chi connectivity index (χ3v) is 1.97. The largest absolute Gasteiger partial charge is 0.493 e. The molecule has 0 aliphatic rings. The summed E-state index contributed by atoms with van der Waals surface area (Å²) in [5.41, 5.74) is 5.46. The smallest absolute Gasteiger partial charge is 0.273 e. The Morgan fingerprint density at radius 2 is 2.33 bits per heavy atom. The number of benzene rings is 1. The maximum atomic E-state index is 10.5. The number of rotatable bonds is 5. The van der Waals surface area contributed by atoms with Crippen LogP contribution in [0.15, 0.2) is 24.3 Å². The molecular weight excluding hydrogens is 196 g/mol. The van der Waals surface area contributed by atoms with E-state index in [0.29, 0.717) is 18.9 Å². The molecule has 0 aromatic heterocycles. The normalized spacial score (nSPS) is 12.1. The van der Waals surface area contributed by atoms with Gasteiger partial charge in [-0.1, -0.05) is 13.0 Å². The van der Waals surface area contributed by atoms with Gasteiger partial charge in [0.15, 0.2) is 0 Å². The summed E-state index contributed by atoms with van der Waals surface area (Å²) in [6.45, 7) is 2.96. The number of hydrogen-bond acceptors (Lipinski definition) is 4. The van der Waals surface area contributed by atoms with Gasteiger partial charge in [0.05, 0.1) is 17.6 Å². The fourth-order valence-electron chi connectivity index (χ4n) is 0.993. The van der Waals surface area contributed by atoms with Crippen molar-refractivity contribution in [3.8, 4) is 5.75 Å². The predicted octanol–water partition coefficient (Wildman–Crippen LogP) is 1.57. The van der Waals surface area contributed by atoms with Crippen LogP contribution >= 0.6 is 0 Å². The zero-order valence-corrected chi connectivity index (χ0v) is 8.55. The van der Waals surface area contributed by atoms with Gasteiger partial charge in [0.1, 0.15) is 5.75 Å². The first kappa shape index (κ1) is 11.5. The lowest BCUT2D eigenvalue weighted by molar-refractivity contribution is -0.384. The Morgan fingerprint density at radius 3 is 2.93 bits per heavy atom. The van der Waals surface area contributed by atoms with Crippen LogP contribution < -0.4 is 10.5 Å². The summed E-state index contributed by atoms with van der Waals surface area (Å²) in [5.74, 6) is 0.744. The molecule has 1 unspecified atom stereocenters. The van der Waals surface area contributed by atoms with Gasteiger partial charge in [0, 0.05) is 12.0 Å². The SMILES string of the molecule is CC(CN)COc1cccc([N+](=O)[O-])c1. The average molecular weight is 210 g/mol. The van der Waals surface area contributed by atoms with Gasteiger partial charge < -0.3 is 10.5 Å². The highest BCUT2D eigenvalue weighted by molar-refractivity contribution is 5.37. The first-order valence-electron chi connectivity index (χ1n) is 4.71. The summed E-state index contributed by atoms with van der Waals surface area (Å²) >= 11 is 0. The van der Waals surface area contributed by atoms with E-state index in [-0.39, 0.29) is 11.6 Å². The Bertz CT molecular complexity index is 341. The van der Waals surface area contributed by atoms with Crippen LogP contribution in [0.4, 0.5) is 5.69 Å². The molecule has 5 heteroatoms. The highest BCUT2D eigenvalue weighted by Gasteiger charge is 2.07. The molecule has 82 valence electrons. The van der Waals surface area contributed by atoms with E-state index in [1.165, 1.54) is 12.1 Å². The van der Waals surface area contributed by atoms with E-state index in [1.54, 1.807) is 12.1 Å². The quantitative estimate of drug-likeness (QED) is 0.591. The first-order valence-corrected chi connectivity index (χ1v) is 4.71. The molecule has 15 heavy (non-hydrogen) atoms. The molecule has 1 aromatic carbocycles. The minimum atomic E-state index is -0.445. The van der Waals surface area contributed by atoms with E-state index in [2.05, 4.69) is 0 Å². The zero-order chi connectivity index (χ0) is 11.3. The topological polar surface area (TPSA) is 78.4 Å². The van der Waals surface area contributed by atoms with Crippen LogP contribution in [-0.2, 0) is 0 Å². The van der Waals surface area contributed by atoms with Crippen molar-refractivity contribution >= 4 is 5.69 Å². The first-order chi connectivity index (χ1) is 7.13. The van der Waals surface area contributed by atoms with Gasteiger partial charge in [-0.05, 0) is 12.6 Å². The van der Waals surface area contributed by atoms with Crippen LogP contribution in [0, 0.1) is 16.0 Å². The molecule has 5 nitrogen and oxygen atoms in total. The second-order valence-electron chi connectivity index (χ2n) is 3.41. The maximum Gasteiger partial charge on any atom is 0.273 e. The Kier molecular flexibility index (Phi) is 4.05. The van der Waals surface area contributed by atoms with Crippen LogP contribution in [0.1, 0.15) is 6.92 Å². The third-order valence-electron chi connectivity index (χ3n) is 1.97. The second-order valence-corrected chi connectivity index (χ2v) is 3.41. The van der Waals surface area contributed by atoms with Gasteiger partial charge in [0.2, 0.25) is 0 Å². The van der Waals surface area contributed by atoms with Crippen LogP contribution in [0.25, 0.3) is 0 Å². The Hall–Kier alpha value is -1.62. The summed E-state index contributed by atoms with van der Waals surface area (Å²) in [4.78, 5) is 10.0. The van der Waals surface area contributed by atoms with Crippen molar-refractivity contribution in [2.75, 3.05) is 13.2 Å². The molecule has 0 saturated heterocycles. The lowest BCUT2D eigenvalue weighted by Crippen LogP contribution is -2.18. The number of nitrogens with two attached hydrogens (primary N) is 1. The number of nitro benzene ring substituents is 1. The molecule has 1 rings (SSSR count). The summed E-state index contributed by atoms with van der Waals surface area (Å²) < 4.78 is 5.37. The molecule has 0 fully saturated rings. The molecule has 0 aliphatic carbocycles. The molecule has 0 radical (unpaired) electrons. The summed E-state index contributed by atoms with van der Waals surface area (Å²) in [6.07, 6.45) is 0. The minimum absolute atomic E-state index is 0.0351. The minimum Gasteiger partial charge on any atom is -0.493 e. The number of ether oxygens (including phenoxy) is 1. The second kappa shape index (κ2) is 5.31. The van der Waals surface area contributed by atoms with Crippen LogP contribution in [0.2, 0.25) is 0 Å². The Labute approximate surface area is 88.0 Å². The van der Waals surface area contributed by atoms with E-state index in [4.69, 9.17) is 10.5 Å². The van der Waals surface area contributed by atoms with E-state index >= 15 is 0 Å². The monoisotopic (exact) mass is 210 g/mol. The summed E-state index contributed by atoms with van der Waals surface area (Å²) in [7, 11) is 0. The fourth-order valence-corrected chi connectivity index (χ4v) is 0.993. The number of non-ortho nitro benzene ring substituents is 1. The van der Waals surface area contributed by atoms with Crippen molar-refractivity contribution in [1.82, 2.24) is 0 Å². The van der Waals surface area contributed by atoms with Crippen molar-refractivity contribution in [3.63, 3.8) is 0 Å². The van der Waals surface area contributed by atoms with Gasteiger partial charge in [-0.2, -0.15) is 0 Å².